The minimum Gasteiger partial charge on any atom is -0.478 e. The van der Waals surface area contributed by atoms with Crippen molar-refractivity contribution in [3.63, 3.8) is 0 Å². The molecule has 0 saturated carbocycles. The van der Waals surface area contributed by atoms with Crippen molar-refractivity contribution in [3.05, 3.63) is 22.4 Å². The maximum Gasteiger partial charge on any atom is 0.339 e. The minimum absolute atomic E-state index is 0.0215. The van der Waals surface area contributed by atoms with Crippen LogP contribution in [-0.4, -0.2) is 16.1 Å². The van der Waals surface area contributed by atoms with Gasteiger partial charge < -0.3 is 10.8 Å². The number of carboxylic acids is 1. The number of hydrogen-bond acceptors (Lipinski definition) is 3. The van der Waals surface area contributed by atoms with Crippen molar-refractivity contribution < 1.29 is 9.90 Å². The fourth-order valence-corrected chi connectivity index (χ4v) is 0.972. The molecule has 0 aromatic carbocycles. The third-order valence-electron chi connectivity index (χ3n) is 1.13. The second-order valence-corrected chi connectivity index (χ2v) is 2.71. The summed E-state index contributed by atoms with van der Waals surface area (Å²) < 4.78 is 0.528. The summed E-state index contributed by atoms with van der Waals surface area (Å²) in [5.74, 6) is -1.07. The highest BCUT2D eigenvalue weighted by molar-refractivity contribution is 9.10. The summed E-state index contributed by atoms with van der Waals surface area (Å²) in [5, 5.41) is 8.52. The Kier molecular flexibility index (Phi) is 2.09. The smallest absolute Gasteiger partial charge is 0.339 e. The van der Waals surface area contributed by atoms with Crippen LogP contribution in [-0.2, 0) is 0 Å². The molecule has 0 atom stereocenters. The lowest BCUT2D eigenvalue weighted by Gasteiger charge is -1.98. The van der Waals surface area contributed by atoms with Crippen LogP contribution < -0.4 is 5.73 Å². The highest BCUT2D eigenvalue weighted by Crippen LogP contribution is 2.14. The Bertz CT molecular complexity index is 301. The molecule has 1 rings (SSSR count). The molecule has 0 amide bonds. The van der Waals surface area contributed by atoms with Crippen LogP contribution >= 0.6 is 15.9 Å². The summed E-state index contributed by atoms with van der Waals surface area (Å²) >= 11 is 3.06. The van der Waals surface area contributed by atoms with Crippen LogP contribution in [0.1, 0.15) is 10.4 Å². The van der Waals surface area contributed by atoms with Gasteiger partial charge in [-0.3, -0.25) is 0 Å². The first-order chi connectivity index (χ1) is 5.11. The van der Waals surface area contributed by atoms with E-state index in [2.05, 4.69) is 20.9 Å². The van der Waals surface area contributed by atoms with Crippen molar-refractivity contribution in [3.8, 4) is 0 Å². The Hall–Kier alpha value is -1.10. The van der Waals surface area contributed by atoms with Gasteiger partial charge in [-0.2, -0.15) is 0 Å². The van der Waals surface area contributed by atoms with Crippen molar-refractivity contribution in [2.45, 2.75) is 0 Å². The monoisotopic (exact) mass is 216 g/mol. The minimum atomic E-state index is -1.07. The van der Waals surface area contributed by atoms with Crippen molar-refractivity contribution in [1.82, 2.24) is 4.98 Å². The molecular formula is C6H5BrN2O2. The molecule has 0 spiro atoms. The van der Waals surface area contributed by atoms with Gasteiger partial charge in [0, 0.05) is 6.20 Å². The lowest BCUT2D eigenvalue weighted by atomic mass is 10.2. The molecule has 0 fully saturated rings. The SMILES string of the molecule is Nc1cc(Br)ncc1C(=O)O. The molecule has 3 N–H and O–H groups in total. The molecule has 0 saturated heterocycles. The molecule has 58 valence electrons. The molecule has 5 heteroatoms. The molecule has 1 aromatic rings. The van der Waals surface area contributed by atoms with Crippen LogP contribution in [0.4, 0.5) is 5.69 Å². The second kappa shape index (κ2) is 2.87. The van der Waals surface area contributed by atoms with E-state index < -0.39 is 5.97 Å². The first kappa shape index (κ1) is 8.00. The molecule has 0 unspecified atom stereocenters. The molecule has 1 heterocycles. The molecule has 0 aliphatic carbocycles. The molecule has 1 aromatic heterocycles. The van der Waals surface area contributed by atoms with Crippen molar-refractivity contribution in [2.75, 3.05) is 5.73 Å². The van der Waals surface area contributed by atoms with Gasteiger partial charge in [-0.15, -0.1) is 0 Å². The number of carboxylic acid groups (broad SMARTS) is 1. The third-order valence-corrected chi connectivity index (χ3v) is 1.57. The van der Waals surface area contributed by atoms with Gasteiger partial charge in [0.05, 0.1) is 5.69 Å². The summed E-state index contributed by atoms with van der Waals surface area (Å²) in [4.78, 5) is 14.1. The summed E-state index contributed by atoms with van der Waals surface area (Å²) in [7, 11) is 0. The molecule has 0 aliphatic heterocycles. The number of nitrogens with two attached hydrogens (primary N) is 1. The fourth-order valence-electron chi connectivity index (χ4n) is 0.623. The van der Waals surface area contributed by atoms with Gasteiger partial charge in [-0.1, -0.05) is 0 Å². The predicted octanol–water partition coefficient (Wildman–Crippen LogP) is 1.12. The van der Waals surface area contributed by atoms with Crippen molar-refractivity contribution in [2.24, 2.45) is 0 Å². The zero-order valence-corrected chi connectivity index (χ0v) is 7.00. The predicted molar refractivity (Wildman–Crippen MR) is 43.3 cm³/mol. The lowest BCUT2D eigenvalue weighted by Crippen LogP contribution is -2.02. The summed E-state index contributed by atoms with van der Waals surface area (Å²) in [6.07, 6.45) is 1.21. The normalized spacial score (nSPS) is 9.55. The van der Waals surface area contributed by atoms with Gasteiger partial charge >= 0.3 is 5.97 Å². The van der Waals surface area contributed by atoms with Gasteiger partial charge in [0.1, 0.15) is 10.2 Å². The van der Waals surface area contributed by atoms with Gasteiger partial charge in [0.2, 0.25) is 0 Å². The maximum atomic E-state index is 10.4. The maximum absolute atomic E-state index is 10.4. The highest BCUT2D eigenvalue weighted by atomic mass is 79.9. The Balaban J connectivity index is 3.20. The first-order valence-corrected chi connectivity index (χ1v) is 3.55. The average molecular weight is 217 g/mol. The third kappa shape index (κ3) is 1.68. The zero-order valence-electron chi connectivity index (χ0n) is 5.41. The Morgan fingerprint density at radius 1 is 1.73 bits per heavy atom. The summed E-state index contributed by atoms with van der Waals surface area (Å²) in [6.45, 7) is 0. The van der Waals surface area contributed by atoms with Crippen molar-refractivity contribution in [1.29, 1.82) is 0 Å². The van der Waals surface area contributed by atoms with E-state index in [9.17, 15) is 4.79 Å². The van der Waals surface area contributed by atoms with Crippen LogP contribution in [0.25, 0.3) is 0 Å². The number of aromatic carboxylic acids is 1. The van der Waals surface area contributed by atoms with Gasteiger partial charge in [0.15, 0.2) is 0 Å². The molecule has 0 bridgehead atoms. The summed E-state index contributed by atoms with van der Waals surface area (Å²) in [5.41, 5.74) is 5.60. The van der Waals surface area contributed by atoms with E-state index in [1.165, 1.54) is 12.3 Å². The zero-order chi connectivity index (χ0) is 8.43. The van der Waals surface area contributed by atoms with Crippen LogP contribution in [0.3, 0.4) is 0 Å². The van der Waals surface area contributed by atoms with Crippen LogP contribution in [0, 0.1) is 0 Å². The number of aromatic nitrogens is 1. The van der Waals surface area contributed by atoms with E-state index in [1.807, 2.05) is 0 Å². The number of rotatable bonds is 1. The number of carbonyl (C=O) groups is 1. The number of halogens is 1. The molecular weight excluding hydrogens is 212 g/mol. The van der Waals surface area contributed by atoms with E-state index in [0.717, 1.165) is 0 Å². The van der Waals surface area contributed by atoms with Gasteiger partial charge in [0.25, 0.3) is 0 Å². The van der Waals surface area contributed by atoms with E-state index in [0.29, 0.717) is 4.60 Å². The average Bonchev–Trinajstić information content (AvgIpc) is 1.85. The number of nitrogens with zero attached hydrogens (tertiary/aromatic N) is 1. The van der Waals surface area contributed by atoms with E-state index >= 15 is 0 Å². The van der Waals surface area contributed by atoms with E-state index in [-0.39, 0.29) is 11.3 Å². The highest BCUT2D eigenvalue weighted by Gasteiger charge is 2.07. The van der Waals surface area contributed by atoms with Crippen LogP contribution in [0.5, 0.6) is 0 Å². The number of pyridine rings is 1. The second-order valence-electron chi connectivity index (χ2n) is 1.90. The Morgan fingerprint density at radius 2 is 2.36 bits per heavy atom. The molecule has 0 aliphatic rings. The van der Waals surface area contributed by atoms with Crippen LogP contribution in [0.15, 0.2) is 16.9 Å². The van der Waals surface area contributed by atoms with Crippen LogP contribution in [0.2, 0.25) is 0 Å². The van der Waals surface area contributed by atoms with Crippen molar-refractivity contribution >= 4 is 27.6 Å². The van der Waals surface area contributed by atoms with Gasteiger partial charge in [-0.25, -0.2) is 9.78 Å². The molecule has 11 heavy (non-hydrogen) atoms. The van der Waals surface area contributed by atoms with E-state index in [1.54, 1.807) is 0 Å². The quantitative estimate of drug-likeness (QED) is 0.691. The largest absolute Gasteiger partial charge is 0.478 e. The lowest BCUT2D eigenvalue weighted by molar-refractivity contribution is 0.0697. The number of anilines is 1. The standard InChI is InChI=1S/C6H5BrN2O2/c7-5-1-4(8)3(2-9-5)6(10)11/h1-2H,(H2,8,9)(H,10,11). The topological polar surface area (TPSA) is 76.2 Å². The van der Waals surface area contributed by atoms with E-state index in [4.69, 9.17) is 10.8 Å². The molecule has 0 radical (unpaired) electrons. The Labute approximate surface area is 71.2 Å². The van der Waals surface area contributed by atoms with Gasteiger partial charge in [-0.05, 0) is 22.0 Å². The first-order valence-electron chi connectivity index (χ1n) is 2.75. The number of hydrogen-bond donors (Lipinski definition) is 2. The Morgan fingerprint density at radius 3 is 2.82 bits per heavy atom. The number of nitrogen functional groups attached to an aromatic ring is 1. The fraction of sp³-hybridized carbons (Fsp3) is 0. The molecule has 4 nitrogen and oxygen atoms in total. The summed E-state index contributed by atoms with van der Waals surface area (Å²) in [6, 6.07) is 1.45.